The average Bonchev–Trinajstić information content (AvgIpc) is 2.73. The van der Waals surface area contributed by atoms with E-state index < -0.39 is 5.41 Å². The summed E-state index contributed by atoms with van der Waals surface area (Å²) in [5.41, 5.74) is -0.503. The van der Waals surface area contributed by atoms with Gasteiger partial charge in [-0.2, -0.15) is 0 Å². The lowest BCUT2D eigenvalue weighted by atomic mass is 9.81. The quantitative estimate of drug-likeness (QED) is 0.758. The second-order valence-corrected chi connectivity index (χ2v) is 5.75. The first kappa shape index (κ1) is 15.8. The van der Waals surface area contributed by atoms with Crippen LogP contribution in [0.5, 0.6) is 5.75 Å². The predicted octanol–water partition coefficient (Wildman–Crippen LogP) is 3.28. The van der Waals surface area contributed by atoms with E-state index in [1.165, 1.54) is 4.90 Å². The summed E-state index contributed by atoms with van der Waals surface area (Å²) in [6.07, 6.45) is 1.71. The number of rotatable bonds is 6. The van der Waals surface area contributed by atoms with Gasteiger partial charge in [-0.05, 0) is 37.1 Å². The molecule has 0 aliphatic carbocycles. The monoisotopic (exact) mass is 309 g/mol. The van der Waals surface area contributed by atoms with Crippen molar-refractivity contribution in [2.24, 2.45) is 5.41 Å². The van der Waals surface area contributed by atoms with Crippen LogP contribution in [0.15, 0.2) is 24.3 Å². The number of ether oxygens (including phenoxy) is 1. The first-order valence-electron chi connectivity index (χ1n) is 7.25. The van der Waals surface area contributed by atoms with Gasteiger partial charge < -0.3 is 4.74 Å². The number of hydrogen-bond donors (Lipinski definition) is 0. The molecule has 1 aromatic rings. The van der Waals surface area contributed by atoms with Gasteiger partial charge >= 0.3 is 0 Å². The Kier molecular flexibility index (Phi) is 4.88. The summed E-state index contributed by atoms with van der Waals surface area (Å²) in [5, 5.41) is 0.642. The Balaban J connectivity index is 1.93. The summed E-state index contributed by atoms with van der Waals surface area (Å²) < 4.78 is 5.55. The molecule has 0 aromatic heterocycles. The molecule has 0 saturated carbocycles. The van der Waals surface area contributed by atoms with Crippen LogP contribution in [0.4, 0.5) is 0 Å². The highest BCUT2D eigenvalue weighted by Gasteiger charge is 2.48. The molecule has 1 aliphatic rings. The van der Waals surface area contributed by atoms with Crippen molar-refractivity contribution in [1.29, 1.82) is 0 Å². The highest BCUT2D eigenvalue weighted by molar-refractivity contribution is 6.30. The van der Waals surface area contributed by atoms with Gasteiger partial charge in [0.05, 0.1) is 12.0 Å². The van der Waals surface area contributed by atoms with Crippen LogP contribution in [0.25, 0.3) is 0 Å². The molecule has 0 radical (unpaired) electrons. The van der Waals surface area contributed by atoms with E-state index in [-0.39, 0.29) is 11.8 Å². The maximum atomic E-state index is 12.4. The van der Waals surface area contributed by atoms with E-state index >= 15 is 0 Å². The van der Waals surface area contributed by atoms with E-state index in [4.69, 9.17) is 16.3 Å². The number of amides is 2. The molecule has 0 N–H and O–H groups in total. The Morgan fingerprint density at radius 3 is 2.33 bits per heavy atom. The van der Waals surface area contributed by atoms with Crippen molar-refractivity contribution < 1.29 is 14.3 Å². The summed E-state index contributed by atoms with van der Waals surface area (Å²) in [4.78, 5) is 25.8. The lowest BCUT2D eigenvalue weighted by Crippen LogP contribution is -2.37. The normalized spacial score (nSPS) is 17.4. The van der Waals surface area contributed by atoms with Gasteiger partial charge in [-0.25, -0.2) is 0 Å². The summed E-state index contributed by atoms with van der Waals surface area (Å²) in [7, 11) is 0. The second-order valence-electron chi connectivity index (χ2n) is 5.32. The Labute approximate surface area is 130 Å². The first-order chi connectivity index (χ1) is 10.0. The van der Waals surface area contributed by atoms with Crippen molar-refractivity contribution in [1.82, 2.24) is 4.90 Å². The van der Waals surface area contributed by atoms with Crippen LogP contribution in [0.3, 0.4) is 0 Å². The molecule has 114 valence electrons. The van der Waals surface area contributed by atoms with Crippen LogP contribution in [0.1, 0.15) is 33.1 Å². The number of likely N-dealkylation sites (tertiary alicyclic amines) is 1. The molecule has 4 nitrogen and oxygen atoms in total. The molecule has 5 heteroatoms. The largest absolute Gasteiger partial charge is 0.492 e. The fraction of sp³-hybridized carbons (Fsp3) is 0.500. The summed E-state index contributed by atoms with van der Waals surface area (Å²) in [6.45, 7) is 4.51. The van der Waals surface area contributed by atoms with Crippen LogP contribution < -0.4 is 4.74 Å². The van der Waals surface area contributed by atoms with E-state index in [0.29, 0.717) is 43.2 Å². The molecule has 0 atom stereocenters. The predicted molar refractivity (Wildman–Crippen MR) is 81.3 cm³/mol. The molecule has 1 aliphatic heterocycles. The third-order valence-corrected chi connectivity index (χ3v) is 4.49. The zero-order valence-corrected chi connectivity index (χ0v) is 13.2. The number of imide groups is 1. The Hall–Kier alpha value is -1.55. The van der Waals surface area contributed by atoms with E-state index in [2.05, 4.69) is 0 Å². The molecular formula is C16H20ClNO3. The summed E-state index contributed by atoms with van der Waals surface area (Å²) >= 11 is 5.80. The molecule has 1 fully saturated rings. The van der Waals surface area contributed by atoms with Gasteiger partial charge in [0.2, 0.25) is 11.8 Å². The van der Waals surface area contributed by atoms with E-state index in [9.17, 15) is 9.59 Å². The van der Waals surface area contributed by atoms with Crippen molar-refractivity contribution >= 4 is 23.4 Å². The van der Waals surface area contributed by atoms with Gasteiger partial charge in [0.15, 0.2) is 0 Å². The Morgan fingerprint density at radius 2 is 1.81 bits per heavy atom. The lowest BCUT2D eigenvalue weighted by Gasteiger charge is -2.23. The van der Waals surface area contributed by atoms with Gasteiger partial charge in [0.25, 0.3) is 0 Å². The molecule has 0 unspecified atom stereocenters. The minimum Gasteiger partial charge on any atom is -0.492 e. The highest BCUT2D eigenvalue weighted by atomic mass is 35.5. The van der Waals surface area contributed by atoms with E-state index in [0.717, 1.165) is 0 Å². The minimum atomic E-state index is -0.503. The molecule has 2 amide bonds. The fourth-order valence-electron chi connectivity index (χ4n) is 2.67. The third-order valence-electron chi connectivity index (χ3n) is 4.24. The van der Waals surface area contributed by atoms with Crippen LogP contribution in [-0.2, 0) is 9.59 Å². The number of halogens is 1. The average molecular weight is 310 g/mol. The summed E-state index contributed by atoms with van der Waals surface area (Å²) in [5.74, 6) is 0.524. The number of hydrogen-bond acceptors (Lipinski definition) is 3. The summed E-state index contributed by atoms with van der Waals surface area (Å²) in [6, 6.07) is 7.00. The van der Waals surface area contributed by atoms with Gasteiger partial charge in [-0.1, -0.05) is 25.4 Å². The van der Waals surface area contributed by atoms with Crippen molar-refractivity contribution in [3.8, 4) is 5.75 Å². The van der Waals surface area contributed by atoms with Crippen LogP contribution >= 0.6 is 11.6 Å². The number of benzene rings is 1. The zero-order valence-electron chi connectivity index (χ0n) is 12.4. The van der Waals surface area contributed by atoms with Gasteiger partial charge in [0.1, 0.15) is 12.4 Å². The molecule has 21 heavy (non-hydrogen) atoms. The van der Waals surface area contributed by atoms with Crippen LogP contribution in [0.2, 0.25) is 5.02 Å². The lowest BCUT2D eigenvalue weighted by molar-refractivity contribution is -0.142. The standard InChI is InChI=1S/C16H20ClNO3/c1-3-16(4-2)11-14(19)18(15(16)20)9-10-21-13-7-5-12(17)6-8-13/h5-8H,3-4,9-11H2,1-2H3. The second kappa shape index (κ2) is 6.48. The first-order valence-corrected chi connectivity index (χ1v) is 7.63. The molecule has 1 aromatic carbocycles. The van der Waals surface area contributed by atoms with Gasteiger partial charge in [-0.3, -0.25) is 14.5 Å². The molecule has 1 heterocycles. The SMILES string of the molecule is CCC1(CC)CC(=O)N(CCOc2ccc(Cl)cc2)C1=O. The van der Waals surface area contributed by atoms with Crippen LogP contribution in [-0.4, -0.2) is 29.9 Å². The van der Waals surface area contributed by atoms with Crippen molar-refractivity contribution in [2.45, 2.75) is 33.1 Å². The Morgan fingerprint density at radius 1 is 1.19 bits per heavy atom. The van der Waals surface area contributed by atoms with Crippen molar-refractivity contribution in [3.63, 3.8) is 0 Å². The zero-order chi connectivity index (χ0) is 15.5. The molecular weight excluding hydrogens is 290 g/mol. The fourth-order valence-corrected chi connectivity index (χ4v) is 2.80. The number of carbonyl (C=O) groups is 2. The smallest absolute Gasteiger partial charge is 0.236 e. The van der Waals surface area contributed by atoms with Crippen LogP contribution in [0, 0.1) is 5.41 Å². The third kappa shape index (κ3) is 3.21. The minimum absolute atomic E-state index is 0.0581. The molecule has 0 spiro atoms. The molecule has 2 rings (SSSR count). The van der Waals surface area contributed by atoms with Crippen molar-refractivity contribution in [3.05, 3.63) is 29.3 Å². The molecule has 1 saturated heterocycles. The Bertz CT molecular complexity index is 523. The number of nitrogens with zero attached hydrogens (tertiary/aromatic N) is 1. The topological polar surface area (TPSA) is 46.6 Å². The maximum Gasteiger partial charge on any atom is 0.236 e. The van der Waals surface area contributed by atoms with E-state index in [1.807, 2.05) is 13.8 Å². The van der Waals surface area contributed by atoms with Crippen molar-refractivity contribution in [2.75, 3.05) is 13.2 Å². The number of carbonyl (C=O) groups excluding carboxylic acids is 2. The van der Waals surface area contributed by atoms with Gasteiger partial charge in [-0.15, -0.1) is 0 Å². The maximum absolute atomic E-state index is 12.4. The van der Waals surface area contributed by atoms with E-state index in [1.54, 1.807) is 24.3 Å². The molecule has 0 bridgehead atoms. The highest BCUT2D eigenvalue weighted by Crippen LogP contribution is 2.38. The van der Waals surface area contributed by atoms with Gasteiger partial charge in [0, 0.05) is 11.4 Å².